The average molecular weight is 568 g/mol. The Bertz CT molecular complexity index is 610. The van der Waals surface area contributed by atoms with E-state index in [0.717, 1.165) is 18.3 Å². The summed E-state index contributed by atoms with van der Waals surface area (Å²) in [6, 6.07) is 15.8. The monoisotopic (exact) mass is 568 g/mol. The Labute approximate surface area is 170 Å². The van der Waals surface area contributed by atoms with Gasteiger partial charge in [0.1, 0.15) is 10.8 Å². The van der Waals surface area contributed by atoms with Crippen molar-refractivity contribution in [2.45, 2.75) is 0 Å². The molecule has 0 fully saturated rings. The largest absolute Gasteiger partial charge is 0.608 e. The first-order chi connectivity index (χ1) is 11.0. The van der Waals surface area contributed by atoms with Crippen molar-refractivity contribution in [2.24, 2.45) is 0 Å². The lowest BCUT2D eigenvalue weighted by molar-refractivity contribution is 0.596. The highest BCUT2D eigenvalue weighted by atomic mass is 127. The Kier molecular flexibility index (Phi) is 8.48. The first-order valence-electron chi connectivity index (χ1n) is 6.65. The van der Waals surface area contributed by atoms with Crippen LogP contribution in [0.4, 0.5) is 0 Å². The van der Waals surface area contributed by atoms with Crippen LogP contribution in [0, 0.1) is 7.14 Å². The van der Waals surface area contributed by atoms with Crippen molar-refractivity contribution in [3.63, 3.8) is 0 Å². The summed E-state index contributed by atoms with van der Waals surface area (Å²) < 4.78 is 26.2. The Balaban J connectivity index is 1.85. The second kappa shape index (κ2) is 10.1. The van der Waals surface area contributed by atoms with Gasteiger partial charge in [-0.15, -0.1) is 0 Å². The molecule has 0 saturated heterocycles. The molecule has 2 nitrogen and oxygen atoms in total. The van der Waals surface area contributed by atoms with Crippen LogP contribution in [0.25, 0.3) is 12.2 Å². The van der Waals surface area contributed by atoms with E-state index in [1.54, 1.807) is 23.0 Å². The maximum Gasteiger partial charge on any atom is 0.262 e. The molecule has 0 aliphatic rings. The molecule has 2 unspecified atom stereocenters. The van der Waals surface area contributed by atoms with Crippen molar-refractivity contribution in [1.29, 1.82) is 0 Å². The molecule has 0 amide bonds. The first-order valence-corrected chi connectivity index (χ1v) is 11.6. The van der Waals surface area contributed by atoms with Gasteiger partial charge in [-0.05, 0) is 92.7 Å². The van der Waals surface area contributed by atoms with Crippen LogP contribution >= 0.6 is 45.2 Å². The van der Waals surface area contributed by atoms with Crippen molar-refractivity contribution < 1.29 is 9.11 Å². The fourth-order valence-electron chi connectivity index (χ4n) is 1.65. The van der Waals surface area contributed by atoms with Gasteiger partial charge in [-0.2, -0.15) is 0 Å². The molecule has 0 N–H and O–H groups in total. The third kappa shape index (κ3) is 7.61. The van der Waals surface area contributed by atoms with E-state index in [-0.39, 0.29) is 5.08 Å². The smallest absolute Gasteiger partial charge is 0.262 e. The van der Waals surface area contributed by atoms with Crippen molar-refractivity contribution in [1.82, 2.24) is 0 Å². The highest BCUT2D eigenvalue weighted by Crippen LogP contribution is 2.12. The quantitative estimate of drug-likeness (QED) is 0.364. The molecule has 0 aromatic heterocycles. The van der Waals surface area contributed by atoms with Gasteiger partial charge in [0.05, 0.1) is 0 Å². The van der Waals surface area contributed by atoms with Crippen LogP contribution in [-0.4, -0.2) is 14.2 Å². The molecule has 23 heavy (non-hydrogen) atoms. The second-order valence-electron chi connectivity index (χ2n) is 4.59. The normalized spacial score (nSPS) is 14.4. The molecule has 0 heterocycles. The predicted octanol–water partition coefficient (Wildman–Crippen LogP) is 4.99. The Morgan fingerprint density at radius 1 is 0.696 bits per heavy atom. The van der Waals surface area contributed by atoms with E-state index < -0.39 is 22.4 Å². The molecule has 2 rings (SSSR count). The number of benzene rings is 2. The van der Waals surface area contributed by atoms with E-state index in [4.69, 9.17) is 0 Å². The Morgan fingerprint density at radius 2 is 1.04 bits per heavy atom. The summed E-state index contributed by atoms with van der Waals surface area (Å²) in [6.45, 7) is 0. The molecule has 0 radical (unpaired) electrons. The first kappa shape index (κ1) is 19.3. The van der Waals surface area contributed by atoms with Crippen LogP contribution in [0.1, 0.15) is 11.1 Å². The van der Waals surface area contributed by atoms with Crippen molar-refractivity contribution in [3.8, 4) is 0 Å². The van der Waals surface area contributed by atoms with E-state index in [0.29, 0.717) is 0 Å². The lowest BCUT2D eigenvalue weighted by Gasteiger charge is -2.07. The van der Waals surface area contributed by atoms with E-state index in [1.165, 1.54) is 0 Å². The third-order valence-electron chi connectivity index (χ3n) is 2.80. The third-order valence-corrected chi connectivity index (χ3v) is 6.97. The van der Waals surface area contributed by atoms with Gasteiger partial charge < -0.3 is 9.11 Å². The van der Waals surface area contributed by atoms with Crippen molar-refractivity contribution in [2.75, 3.05) is 5.08 Å². The molecule has 2 atom stereocenters. The second-order valence-corrected chi connectivity index (χ2v) is 10.1. The summed E-state index contributed by atoms with van der Waals surface area (Å²) in [5, 5.41) is 3.30. The lowest BCUT2D eigenvalue weighted by Crippen LogP contribution is -2.11. The number of hydrogen-bond donors (Lipinski definition) is 0. The van der Waals surface area contributed by atoms with Gasteiger partial charge in [-0.25, -0.2) is 0 Å². The topological polar surface area (TPSA) is 46.1 Å². The molecule has 2 aromatic rings. The van der Waals surface area contributed by atoms with Gasteiger partial charge in [0.25, 0.3) is 5.08 Å². The summed E-state index contributed by atoms with van der Waals surface area (Å²) in [7, 11) is 0. The molecule has 6 heteroatoms. The van der Waals surface area contributed by atoms with Gasteiger partial charge in [0.15, 0.2) is 0 Å². The summed E-state index contributed by atoms with van der Waals surface area (Å²) in [5.41, 5.74) is 1.97. The van der Waals surface area contributed by atoms with Gasteiger partial charge in [-0.3, -0.25) is 0 Å². The average Bonchev–Trinajstić information content (AvgIpc) is 2.54. The maximum atomic E-state index is 11.9. The zero-order valence-electron chi connectivity index (χ0n) is 12.0. The van der Waals surface area contributed by atoms with E-state index in [1.807, 2.05) is 48.5 Å². The van der Waals surface area contributed by atoms with E-state index in [9.17, 15) is 9.11 Å². The number of rotatable bonds is 6. The molecule has 120 valence electrons. The fraction of sp³-hybridized carbons (Fsp3) is 0.0588. The van der Waals surface area contributed by atoms with E-state index in [2.05, 4.69) is 45.2 Å². The predicted molar refractivity (Wildman–Crippen MR) is 118 cm³/mol. The molecular weight excluding hydrogens is 554 g/mol. The molecule has 0 aliphatic carbocycles. The molecule has 0 aliphatic heterocycles. The number of hydrogen-bond acceptors (Lipinski definition) is 2. The molecular formula is C17H14I2O2S2. The minimum atomic E-state index is -1.25. The van der Waals surface area contributed by atoms with Crippen LogP contribution in [0.5, 0.6) is 0 Å². The van der Waals surface area contributed by atoms with E-state index >= 15 is 0 Å². The SMILES string of the molecule is [O-][S+](C=Cc1ccc(I)cc1)C[S+]([O-])/C=C\c1ccc(I)cc1. The standard InChI is InChI=1S/C17H14I2O2S2/c18-16-5-1-14(2-6-16)9-11-22(20)13-23(21)12-10-15-3-7-17(19)8-4-15/h1-12H,13H2/b11-9-,12-10?. The highest BCUT2D eigenvalue weighted by Gasteiger charge is 2.11. The Hall–Kier alpha value is -0.000000000000000111. The van der Waals surface area contributed by atoms with Gasteiger partial charge in [-0.1, -0.05) is 24.3 Å². The molecule has 0 spiro atoms. The highest BCUT2D eigenvalue weighted by molar-refractivity contribution is 14.1. The van der Waals surface area contributed by atoms with Crippen LogP contribution < -0.4 is 0 Å². The van der Waals surface area contributed by atoms with Gasteiger partial charge in [0, 0.05) is 29.5 Å². The van der Waals surface area contributed by atoms with Crippen molar-refractivity contribution >= 4 is 79.7 Å². The lowest BCUT2D eigenvalue weighted by atomic mass is 10.2. The molecule has 0 bridgehead atoms. The zero-order valence-corrected chi connectivity index (χ0v) is 18.0. The van der Waals surface area contributed by atoms with Crippen LogP contribution in [0.15, 0.2) is 59.3 Å². The minimum absolute atomic E-state index is 0.113. The van der Waals surface area contributed by atoms with Crippen LogP contribution in [-0.2, 0) is 22.4 Å². The van der Waals surface area contributed by atoms with Gasteiger partial charge >= 0.3 is 0 Å². The summed E-state index contributed by atoms with van der Waals surface area (Å²) in [4.78, 5) is 0. The van der Waals surface area contributed by atoms with Crippen LogP contribution in [0.2, 0.25) is 0 Å². The minimum Gasteiger partial charge on any atom is -0.608 e. The summed E-state index contributed by atoms with van der Waals surface area (Å²) in [5.74, 6) is 0. The summed E-state index contributed by atoms with van der Waals surface area (Å²) in [6.07, 6.45) is 3.60. The summed E-state index contributed by atoms with van der Waals surface area (Å²) >= 11 is 1.97. The maximum absolute atomic E-state index is 11.9. The molecule has 2 aromatic carbocycles. The fourth-order valence-corrected chi connectivity index (χ4v) is 4.53. The van der Waals surface area contributed by atoms with Crippen LogP contribution in [0.3, 0.4) is 0 Å². The van der Waals surface area contributed by atoms with Gasteiger partial charge in [0.2, 0.25) is 0 Å². The molecule has 0 saturated carbocycles. The number of halogens is 2. The zero-order chi connectivity index (χ0) is 16.7. The van der Waals surface area contributed by atoms with Crippen molar-refractivity contribution in [3.05, 3.63) is 77.6 Å². The Morgan fingerprint density at radius 3 is 1.39 bits per heavy atom.